The second-order valence-electron chi connectivity index (χ2n) is 3.94. The van der Waals surface area contributed by atoms with E-state index in [9.17, 15) is 0 Å². The van der Waals surface area contributed by atoms with Crippen LogP contribution in [0.4, 0.5) is 0 Å². The summed E-state index contributed by atoms with van der Waals surface area (Å²) in [6.45, 7) is 3.17. The molecular weight excluding hydrogens is 250 g/mol. The topological polar surface area (TPSA) is 3.24 Å². The van der Waals surface area contributed by atoms with Gasteiger partial charge in [-0.3, -0.25) is 0 Å². The van der Waals surface area contributed by atoms with Crippen molar-refractivity contribution in [1.82, 2.24) is 4.31 Å². The van der Waals surface area contributed by atoms with Crippen molar-refractivity contribution in [1.29, 1.82) is 0 Å². The summed E-state index contributed by atoms with van der Waals surface area (Å²) in [6.07, 6.45) is 5.21. The average molecular weight is 266 g/mol. The summed E-state index contributed by atoms with van der Waals surface area (Å²) in [6, 6.07) is 8.32. The molecule has 0 saturated carbocycles. The molecule has 1 aliphatic rings. The van der Waals surface area contributed by atoms with Crippen molar-refractivity contribution in [3.05, 3.63) is 47.5 Å². The third-order valence-electron chi connectivity index (χ3n) is 2.75. The SMILES string of the molecule is CCN(C)SC1=CCC=C(Cl)c2ccccc21. The van der Waals surface area contributed by atoms with E-state index >= 15 is 0 Å². The minimum atomic E-state index is 0.853. The minimum absolute atomic E-state index is 0.853. The summed E-state index contributed by atoms with van der Waals surface area (Å²) in [4.78, 5) is 1.29. The van der Waals surface area contributed by atoms with Gasteiger partial charge in [0.25, 0.3) is 0 Å². The van der Waals surface area contributed by atoms with Crippen LogP contribution in [-0.2, 0) is 0 Å². The standard InChI is InChI=1S/C14H16ClNS/c1-3-16(2)17-14-10-6-9-13(15)11-7-4-5-8-12(11)14/h4-5,7-10H,3,6H2,1-2H3. The first-order chi connectivity index (χ1) is 8.22. The van der Waals surface area contributed by atoms with Crippen molar-refractivity contribution in [2.75, 3.05) is 13.6 Å². The van der Waals surface area contributed by atoms with Gasteiger partial charge in [-0.05, 0) is 31.0 Å². The Morgan fingerprint density at radius 1 is 1.24 bits per heavy atom. The number of rotatable bonds is 3. The van der Waals surface area contributed by atoms with Crippen LogP contribution in [0.15, 0.2) is 36.4 Å². The van der Waals surface area contributed by atoms with E-state index in [4.69, 9.17) is 11.6 Å². The molecule has 0 aliphatic heterocycles. The molecule has 0 amide bonds. The molecule has 0 N–H and O–H groups in total. The highest BCUT2D eigenvalue weighted by Gasteiger charge is 2.14. The Bertz CT molecular complexity index is 465. The Labute approximate surface area is 112 Å². The lowest BCUT2D eigenvalue weighted by molar-refractivity contribution is 0.606. The molecule has 2 rings (SSSR count). The van der Waals surface area contributed by atoms with Crippen LogP contribution in [-0.4, -0.2) is 17.9 Å². The molecule has 1 aliphatic carbocycles. The maximum absolute atomic E-state index is 6.29. The lowest BCUT2D eigenvalue weighted by atomic mass is 10.1. The van der Waals surface area contributed by atoms with Gasteiger partial charge in [0, 0.05) is 22.0 Å². The van der Waals surface area contributed by atoms with E-state index in [1.165, 1.54) is 10.5 Å². The van der Waals surface area contributed by atoms with Crippen molar-refractivity contribution in [3.8, 4) is 0 Å². The molecule has 0 fully saturated rings. The summed E-state index contributed by atoms with van der Waals surface area (Å²) in [5.41, 5.74) is 2.37. The Morgan fingerprint density at radius 2 is 1.94 bits per heavy atom. The molecule has 1 aromatic carbocycles. The highest BCUT2D eigenvalue weighted by Crippen LogP contribution is 2.38. The van der Waals surface area contributed by atoms with Crippen LogP contribution in [0.3, 0.4) is 0 Å². The fourth-order valence-electron chi connectivity index (χ4n) is 1.71. The lowest BCUT2D eigenvalue weighted by Gasteiger charge is -2.16. The van der Waals surface area contributed by atoms with Crippen molar-refractivity contribution in [2.24, 2.45) is 0 Å². The predicted octanol–water partition coefficient (Wildman–Crippen LogP) is 4.61. The summed E-state index contributed by atoms with van der Waals surface area (Å²) >= 11 is 8.07. The molecule has 0 unspecified atom stereocenters. The fraction of sp³-hybridized carbons (Fsp3) is 0.286. The molecule has 0 heterocycles. The van der Waals surface area contributed by atoms with E-state index < -0.39 is 0 Å². The number of fused-ring (bicyclic) bond motifs is 1. The van der Waals surface area contributed by atoms with Gasteiger partial charge < -0.3 is 0 Å². The van der Waals surface area contributed by atoms with E-state index in [1.54, 1.807) is 11.9 Å². The van der Waals surface area contributed by atoms with E-state index in [0.717, 1.165) is 23.6 Å². The second-order valence-corrected chi connectivity index (χ2v) is 5.59. The van der Waals surface area contributed by atoms with E-state index in [2.05, 4.69) is 48.6 Å². The maximum Gasteiger partial charge on any atom is 0.0448 e. The van der Waals surface area contributed by atoms with E-state index in [-0.39, 0.29) is 0 Å². The molecule has 90 valence electrons. The van der Waals surface area contributed by atoms with Crippen LogP contribution in [0.2, 0.25) is 0 Å². The van der Waals surface area contributed by atoms with Gasteiger partial charge in [-0.25, -0.2) is 4.31 Å². The van der Waals surface area contributed by atoms with E-state index in [1.807, 2.05) is 6.07 Å². The van der Waals surface area contributed by atoms with Crippen LogP contribution < -0.4 is 0 Å². The van der Waals surface area contributed by atoms with Gasteiger partial charge in [-0.15, -0.1) is 0 Å². The minimum Gasteiger partial charge on any atom is -0.250 e. The number of hydrogen-bond acceptors (Lipinski definition) is 2. The summed E-state index contributed by atoms with van der Waals surface area (Å²) < 4.78 is 2.22. The molecule has 0 radical (unpaired) electrons. The van der Waals surface area contributed by atoms with Gasteiger partial charge >= 0.3 is 0 Å². The van der Waals surface area contributed by atoms with Gasteiger partial charge in [0.15, 0.2) is 0 Å². The molecule has 1 aromatic rings. The fourth-order valence-corrected chi connectivity index (χ4v) is 2.88. The first kappa shape index (κ1) is 12.7. The number of allylic oxidation sites excluding steroid dienone is 2. The molecule has 0 aromatic heterocycles. The Hall–Kier alpha value is -0.700. The normalized spacial score (nSPS) is 15.1. The monoisotopic (exact) mass is 265 g/mol. The molecular formula is C14H16ClNS. The van der Waals surface area contributed by atoms with Gasteiger partial charge in [-0.2, -0.15) is 0 Å². The largest absolute Gasteiger partial charge is 0.250 e. The van der Waals surface area contributed by atoms with Crippen LogP contribution in [0.25, 0.3) is 9.94 Å². The first-order valence-corrected chi connectivity index (χ1v) is 6.92. The molecule has 0 atom stereocenters. The van der Waals surface area contributed by atoms with Crippen molar-refractivity contribution < 1.29 is 0 Å². The van der Waals surface area contributed by atoms with Gasteiger partial charge in [-0.1, -0.05) is 54.9 Å². The third-order valence-corrected chi connectivity index (χ3v) is 4.26. The van der Waals surface area contributed by atoms with Crippen molar-refractivity contribution in [3.63, 3.8) is 0 Å². The predicted molar refractivity (Wildman–Crippen MR) is 78.8 cm³/mol. The van der Waals surface area contributed by atoms with Crippen LogP contribution in [0.5, 0.6) is 0 Å². The number of benzene rings is 1. The lowest BCUT2D eigenvalue weighted by Crippen LogP contribution is -2.07. The summed E-state index contributed by atoms with van der Waals surface area (Å²) in [5.74, 6) is 0. The molecule has 0 spiro atoms. The number of nitrogens with zero attached hydrogens (tertiary/aromatic N) is 1. The summed E-state index contributed by atoms with van der Waals surface area (Å²) in [5, 5.41) is 0.853. The molecule has 17 heavy (non-hydrogen) atoms. The van der Waals surface area contributed by atoms with Gasteiger partial charge in [0.1, 0.15) is 0 Å². The van der Waals surface area contributed by atoms with Crippen molar-refractivity contribution >= 4 is 33.5 Å². The Balaban J connectivity index is 2.37. The molecule has 0 bridgehead atoms. The Morgan fingerprint density at radius 3 is 2.65 bits per heavy atom. The molecule has 0 saturated heterocycles. The smallest absolute Gasteiger partial charge is 0.0448 e. The molecule has 1 nitrogen and oxygen atoms in total. The van der Waals surface area contributed by atoms with Gasteiger partial charge in [0.05, 0.1) is 0 Å². The summed E-state index contributed by atoms with van der Waals surface area (Å²) in [7, 11) is 2.11. The van der Waals surface area contributed by atoms with Crippen LogP contribution in [0.1, 0.15) is 24.5 Å². The average Bonchev–Trinajstić information content (AvgIpc) is 2.51. The quantitative estimate of drug-likeness (QED) is 0.734. The number of hydrogen-bond donors (Lipinski definition) is 0. The third kappa shape index (κ3) is 2.95. The van der Waals surface area contributed by atoms with Crippen molar-refractivity contribution in [2.45, 2.75) is 13.3 Å². The maximum atomic E-state index is 6.29. The zero-order chi connectivity index (χ0) is 12.3. The highest BCUT2D eigenvalue weighted by molar-refractivity contribution is 8.06. The first-order valence-electron chi connectivity index (χ1n) is 5.77. The van der Waals surface area contributed by atoms with Crippen LogP contribution in [0, 0.1) is 0 Å². The highest BCUT2D eigenvalue weighted by atomic mass is 35.5. The van der Waals surface area contributed by atoms with Gasteiger partial charge in [0.2, 0.25) is 0 Å². The number of halogens is 1. The zero-order valence-electron chi connectivity index (χ0n) is 10.1. The molecule has 3 heteroatoms. The van der Waals surface area contributed by atoms with E-state index in [0.29, 0.717) is 0 Å². The van der Waals surface area contributed by atoms with Crippen LogP contribution >= 0.6 is 23.5 Å². The Kier molecular flexibility index (Phi) is 4.32. The zero-order valence-corrected chi connectivity index (χ0v) is 11.7. The second kappa shape index (κ2) is 5.76.